The van der Waals surface area contributed by atoms with E-state index < -0.39 is 10.2 Å². The molecule has 6 heteroatoms. The van der Waals surface area contributed by atoms with E-state index in [0.717, 1.165) is 5.56 Å². The first kappa shape index (κ1) is 13.0. The highest BCUT2D eigenvalue weighted by Gasteiger charge is 2.11. The van der Waals surface area contributed by atoms with Gasteiger partial charge < -0.3 is 5.73 Å². The quantitative estimate of drug-likeness (QED) is 0.662. The number of hydrogen-bond donors (Lipinski definition) is 3. The summed E-state index contributed by atoms with van der Waals surface area (Å²) in [5, 5.41) is 0. The fourth-order valence-electron chi connectivity index (χ4n) is 1.22. The van der Waals surface area contributed by atoms with E-state index in [1.54, 1.807) is 32.0 Å². The van der Waals surface area contributed by atoms with Crippen LogP contribution >= 0.6 is 0 Å². The topological polar surface area (TPSA) is 84.2 Å². The lowest BCUT2D eigenvalue weighted by atomic mass is 10.2. The van der Waals surface area contributed by atoms with E-state index >= 15 is 0 Å². The Morgan fingerprint density at radius 3 is 2.50 bits per heavy atom. The first-order valence-corrected chi connectivity index (χ1v) is 6.49. The van der Waals surface area contributed by atoms with E-state index in [2.05, 4.69) is 9.44 Å². The highest BCUT2D eigenvalue weighted by Crippen LogP contribution is 2.09. The third-order valence-electron chi connectivity index (χ3n) is 1.90. The Kier molecular flexibility index (Phi) is 4.28. The van der Waals surface area contributed by atoms with Gasteiger partial charge in [-0.05, 0) is 25.5 Å². The Morgan fingerprint density at radius 2 is 1.94 bits per heavy atom. The van der Waals surface area contributed by atoms with Gasteiger partial charge >= 0.3 is 0 Å². The Labute approximate surface area is 96.2 Å². The molecule has 0 bridgehead atoms. The molecule has 0 spiro atoms. The number of hydrogen-bond acceptors (Lipinski definition) is 3. The molecule has 16 heavy (non-hydrogen) atoms. The largest absolute Gasteiger partial charge is 0.398 e. The second-order valence-electron chi connectivity index (χ2n) is 3.80. The highest BCUT2D eigenvalue weighted by atomic mass is 32.2. The van der Waals surface area contributed by atoms with Crippen LogP contribution in [0.4, 0.5) is 5.69 Å². The third kappa shape index (κ3) is 4.18. The summed E-state index contributed by atoms with van der Waals surface area (Å²) >= 11 is 0. The molecule has 0 saturated carbocycles. The first-order chi connectivity index (χ1) is 7.41. The molecule has 0 atom stereocenters. The molecule has 5 nitrogen and oxygen atoms in total. The van der Waals surface area contributed by atoms with E-state index in [1.165, 1.54) is 0 Å². The molecule has 0 aliphatic heterocycles. The molecule has 1 rings (SSSR count). The van der Waals surface area contributed by atoms with Gasteiger partial charge in [-0.2, -0.15) is 17.9 Å². The van der Waals surface area contributed by atoms with Gasteiger partial charge in [-0.1, -0.05) is 18.2 Å². The van der Waals surface area contributed by atoms with Crippen molar-refractivity contribution in [1.82, 2.24) is 9.44 Å². The van der Waals surface area contributed by atoms with Crippen LogP contribution in [0.5, 0.6) is 0 Å². The molecule has 1 aromatic rings. The Balaban J connectivity index is 2.62. The first-order valence-electron chi connectivity index (χ1n) is 5.01. The molecule has 0 saturated heterocycles. The standard InChI is InChI=1S/C10H17N3O2S/c1-8(2)13-16(14,15)12-7-9-5-3-4-6-10(9)11/h3-6,8,12-13H,7,11H2,1-2H3. The maximum absolute atomic E-state index is 11.5. The zero-order valence-corrected chi connectivity index (χ0v) is 10.2. The number of para-hydroxylation sites is 1. The summed E-state index contributed by atoms with van der Waals surface area (Å²) < 4.78 is 27.8. The van der Waals surface area contributed by atoms with Crippen molar-refractivity contribution in [1.29, 1.82) is 0 Å². The minimum Gasteiger partial charge on any atom is -0.398 e. The molecule has 0 aliphatic carbocycles. The van der Waals surface area contributed by atoms with Crippen molar-refractivity contribution in [3.05, 3.63) is 29.8 Å². The van der Waals surface area contributed by atoms with Crippen LogP contribution in [0.15, 0.2) is 24.3 Å². The molecule has 0 amide bonds. The fraction of sp³-hybridized carbons (Fsp3) is 0.400. The smallest absolute Gasteiger partial charge is 0.277 e. The third-order valence-corrected chi connectivity index (χ3v) is 3.20. The lowest BCUT2D eigenvalue weighted by molar-refractivity contribution is 0.555. The summed E-state index contributed by atoms with van der Waals surface area (Å²) in [6, 6.07) is 7.01. The molecule has 90 valence electrons. The monoisotopic (exact) mass is 243 g/mol. The van der Waals surface area contributed by atoms with Gasteiger partial charge in [0.1, 0.15) is 0 Å². The second kappa shape index (κ2) is 5.29. The van der Waals surface area contributed by atoms with E-state index in [1.807, 2.05) is 6.07 Å². The SMILES string of the molecule is CC(C)NS(=O)(=O)NCc1ccccc1N. The molecule has 0 fully saturated rings. The molecule has 4 N–H and O–H groups in total. The lowest BCUT2D eigenvalue weighted by Crippen LogP contribution is -2.39. The number of anilines is 1. The highest BCUT2D eigenvalue weighted by molar-refractivity contribution is 7.87. The zero-order chi connectivity index (χ0) is 12.2. The minimum absolute atomic E-state index is 0.134. The van der Waals surface area contributed by atoms with Crippen molar-refractivity contribution < 1.29 is 8.42 Å². The minimum atomic E-state index is -3.45. The van der Waals surface area contributed by atoms with Gasteiger partial charge in [-0.25, -0.2) is 0 Å². The average molecular weight is 243 g/mol. The number of nitrogens with two attached hydrogens (primary N) is 1. The van der Waals surface area contributed by atoms with Gasteiger partial charge in [0, 0.05) is 18.3 Å². The summed E-state index contributed by atoms with van der Waals surface area (Å²) in [4.78, 5) is 0. The van der Waals surface area contributed by atoms with Gasteiger partial charge in [0.2, 0.25) is 0 Å². The fourth-order valence-corrected chi connectivity index (χ4v) is 2.27. The van der Waals surface area contributed by atoms with E-state index in [-0.39, 0.29) is 12.6 Å². The molecule has 0 radical (unpaired) electrons. The Bertz CT molecular complexity index is 443. The van der Waals surface area contributed by atoms with Crippen molar-refractivity contribution >= 4 is 15.9 Å². The van der Waals surface area contributed by atoms with Crippen LogP contribution in [0, 0.1) is 0 Å². The Morgan fingerprint density at radius 1 is 1.31 bits per heavy atom. The van der Waals surface area contributed by atoms with Gasteiger partial charge in [-0.15, -0.1) is 0 Å². The van der Waals surface area contributed by atoms with Crippen molar-refractivity contribution in [2.45, 2.75) is 26.4 Å². The molecule has 1 aromatic carbocycles. The zero-order valence-electron chi connectivity index (χ0n) is 9.40. The van der Waals surface area contributed by atoms with Crippen LogP contribution in [0.1, 0.15) is 19.4 Å². The summed E-state index contributed by atoms with van der Waals surface area (Å²) in [5.74, 6) is 0. The Hall–Kier alpha value is -1.11. The van der Waals surface area contributed by atoms with Crippen LogP contribution < -0.4 is 15.2 Å². The van der Waals surface area contributed by atoms with Crippen molar-refractivity contribution in [3.8, 4) is 0 Å². The second-order valence-corrected chi connectivity index (χ2v) is 5.33. The lowest BCUT2D eigenvalue weighted by Gasteiger charge is -2.11. The molecule has 0 aliphatic rings. The summed E-state index contributed by atoms with van der Waals surface area (Å²) in [6.45, 7) is 3.71. The maximum atomic E-state index is 11.5. The van der Waals surface area contributed by atoms with Crippen LogP contribution in [0.2, 0.25) is 0 Å². The number of benzene rings is 1. The average Bonchev–Trinajstić information content (AvgIpc) is 2.14. The molecule has 0 unspecified atom stereocenters. The summed E-state index contributed by atoms with van der Waals surface area (Å²) in [7, 11) is -3.45. The van der Waals surface area contributed by atoms with Gasteiger partial charge in [-0.3, -0.25) is 0 Å². The number of nitrogens with one attached hydrogen (secondary N) is 2. The normalized spacial score (nSPS) is 11.9. The van der Waals surface area contributed by atoms with Crippen LogP contribution in [-0.4, -0.2) is 14.5 Å². The van der Waals surface area contributed by atoms with Crippen LogP contribution in [-0.2, 0) is 16.8 Å². The van der Waals surface area contributed by atoms with Crippen molar-refractivity contribution in [2.24, 2.45) is 0 Å². The molecule has 0 heterocycles. The van der Waals surface area contributed by atoms with E-state index in [0.29, 0.717) is 5.69 Å². The van der Waals surface area contributed by atoms with Crippen molar-refractivity contribution in [3.63, 3.8) is 0 Å². The maximum Gasteiger partial charge on any atom is 0.277 e. The predicted octanol–water partition coefficient (Wildman–Crippen LogP) is 0.601. The van der Waals surface area contributed by atoms with Gasteiger partial charge in [0.05, 0.1) is 0 Å². The molecule has 0 aromatic heterocycles. The van der Waals surface area contributed by atoms with Crippen LogP contribution in [0.3, 0.4) is 0 Å². The van der Waals surface area contributed by atoms with Crippen LogP contribution in [0.25, 0.3) is 0 Å². The van der Waals surface area contributed by atoms with E-state index in [9.17, 15) is 8.42 Å². The number of rotatable bonds is 5. The predicted molar refractivity (Wildman–Crippen MR) is 64.9 cm³/mol. The summed E-state index contributed by atoms with van der Waals surface area (Å²) in [6.07, 6.45) is 0. The van der Waals surface area contributed by atoms with E-state index in [4.69, 9.17) is 5.73 Å². The molecular formula is C10H17N3O2S. The molecular weight excluding hydrogens is 226 g/mol. The number of nitrogen functional groups attached to an aromatic ring is 1. The van der Waals surface area contributed by atoms with Gasteiger partial charge in [0.15, 0.2) is 0 Å². The summed E-state index contributed by atoms with van der Waals surface area (Å²) in [5.41, 5.74) is 7.04. The van der Waals surface area contributed by atoms with Gasteiger partial charge in [0.25, 0.3) is 10.2 Å². The van der Waals surface area contributed by atoms with Crippen molar-refractivity contribution in [2.75, 3.05) is 5.73 Å².